The number of hydrogen-bond acceptors (Lipinski definition) is 3. The zero-order valence-corrected chi connectivity index (χ0v) is 9.87. The molecule has 0 saturated carbocycles. The molecule has 4 nitrogen and oxygen atoms in total. The van der Waals surface area contributed by atoms with Crippen molar-refractivity contribution in [2.24, 2.45) is 10.9 Å². The Balaban J connectivity index is 0. The molecule has 0 aliphatic heterocycles. The van der Waals surface area contributed by atoms with Gasteiger partial charge in [-0.2, -0.15) is 0 Å². The second-order valence-electron chi connectivity index (χ2n) is 2.68. The minimum Gasteiger partial charge on any atom is -0.862 e. The van der Waals surface area contributed by atoms with Crippen molar-refractivity contribution in [3.63, 3.8) is 0 Å². The minimum atomic E-state index is -1.05. The molecule has 5 heteroatoms. The van der Waals surface area contributed by atoms with Crippen LogP contribution in [0.5, 0.6) is 0 Å². The minimum absolute atomic E-state index is 0. The fraction of sp³-hybridized carbons (Fsp3) is 0.714. The first-order chi connectivity index (χ1) is 4.95. The monoisotopic (exact) mass is 181 g/mol. The molecule has 0 radical (unpaired) electrons. The van der Waals surface area contributed by atoms with E-state index in [0.717, 1.165) is 0 Å². The summed E-state index contributed by atoms with van der Waals surface area (Å²) in [5.41, 5.74) is 0. The average Bonchev–Trinajstić information content (AvgIpc) is 1.81. The Hall–Kier alpha value is -0.0600. The van der Waals surface area contributed by atoms with Gasteiger partial charge in [0.05, 0.1) is 0 Å². The molecular formula is C7H12NNaO3. The zero-order valence-electron chi connectivity index (χ0n) is 7.87. The van der Waals surface area contributed by atoms with Gasteiger partial charge in [0.15, 0.2) is 0 Å². The Morgan fingerprint density at radius 3 is 2.00 bits per heavy atom. The predicted molar refractivity (Wildman–Crippen MR) is 39.4 cm³/mol. The van der Waals surface area contributed by atoms with E-state index >= 15 is 0 Å². The molecule has 1 atom stereocenters. The molecule has 0 aromatic heterocycles. The Morgan fingerprint density at radius 2 is 1.92 bits per heavy atom. The summed E-state index contributed by atoms with van der Waals surface area (Å²) in [5.74, 6) is -1.63. The van der Waals surface area contributed by atoms with Crippen molar-refractivity contribution in [1.82, 2.24) is 0 Å². The molecule has 0 aromatic rings. The Kier molecular flexibility index (Phi) is 7.78. The molecule has 0 saturated heterocycles. The van der Waals surface area contributed by atoms with Crippen molar-refractivity contribution in [2.45, 2.75) is 26.8 Å². The van der Waals surface area contributed by atoms with Gasteiger partial charge in [0.1, 0.15) is 6.04 Å². The molecule has 0 aliphatic carbocycles. The fourth-order valence-electron chi connectivity index (χ4n) is 0.685. The van der Waals surface area contributed by atoms with Gasteiger partial charge in [-0.05, 0) is 18.7 Å². The first-order valence-electron chi connectivity index (χ1n) is 3.39. The summed E-state index contributed by atoms with van der Waals surface area (Å²) in [4.78, 5) is 13.9. The number of aliphatic imine (C=N–C) groups is 1. The molecule has 0 heterocycles. The number of nitrogens with zero attached hydrogens (tertiary/aromatic N) is 1. The van der Waals surface area contributed by atoms with Crippen LogP contribution in [0.2, 0.25) is 0 Å². The van der Waals surface area contributed by atoms with Crippen molar-refractivity contribution < 1.29 is 44.6 Å². The molecule has 12 heavy (non-hydrogen) atoms. The number of hydrogen-bond donors (Lipinski definition) is 1. The Bertz CT molecular complexity index is 175. The van der Waals surface area contributed by atoms with E-state index in [0.29, 0.717) is 0 Å². The van der Waals surface area contributed by atoms with Gasteiger partial charge < -0.3 is 10.2 Å². The van der Waals surface area contributed by atoms with E-state index in [1.165, 1.54) is 6.92 Å². The van der Waals surface area contributed by atoms with Gasteiger partial charge in [-0.15, -0.1) is 0 Å². The van der Waals surface area contributed by atoms with E-state index in [1.54, 1.807) is 13.8 Å². The molecule has 64 valence electrons. The number of carboxylic acid groups (broad SMARTS) is 1. The van der Waals surface area contributed by atoms with E-state index in [4.69, 9.17) is 5.11 Å². The zero-order chi connectivity index (χ0) is 9.02. The number of aliphatic carboxylic acids is 1. The molecule has 1 unspecified atom stereocenters. The smallest absolute Gasteiger partial charge is 0.862 e. The van der Waals surface area contributed by atoms with Crippen LogP contribution in [0.4, 0.5) is 0 Å². The maximum absolute atomic E-state index is 10.4. The third-order valence-electron chi connectivity index (χ3n) is 1.21. The molecular weight excluding hydrogens is 169 g/mol. The summed E-state index contributed by atoms with van der Waals surface area (Å²) in [6, 6.07) is -0.896. The third-order valence-corrected chi connectivity index (χ3v) is 1.21. The standard InChI is InChI=1S/C7H13NO3.Na/c1-4(2)6(7(10)11)8-5(3)9;/h4,6H,1-3H3,(H,8,9)(H,10,11);/q;+1/p-1. The Labute approximate surface area is 94.0 Å². The van der Waals surface area contributed by atoms with Crippen LogP contribution in [0.1, 0.15) is 20.8 Å². The largest absolute Gasteiger partial charge is 1.00 e. The van der Waals surface area contributed by atoms with Crippen molar-refractivity contribution in [3.8, 4) is 0 Å². The quantitative estimate of drug-likeness (QED) is 0.284. The van der Waals surface area contributed by atoms with Gasteiger partial charge >= 0.3 is 35.5 Å². The Morgan fingerprint density at radius 1 is 1.50 bits per heavy atom. The molecule has 0 aromatic carbocycles. The van der Waals surface area contributed by atoms with Crippen LogP contribution < -0.4 is 34.7 Å². The van der Waals surface area contributed by atoms with E-state index < -0.39 is 17.9 Å². The van der Waals surface area contributed by atoms with Crippen LogP contribution in [0, 0.1) is 5.92 Å². The number of rotatable bonds is 3. The molecule has 0 spiro atoms. The first-order valence-corrected chi connectivity index (χ1v) is 3.39. The van der Waals surface area contributed by atoms with E-state index in [-0.39, 0.29) is 35.5 Å². The van der Waals surface area contributed by atoms with Crippen molar-refractivity contribution in [3.05, 3.63) is 0 Å². The van der Waals surface area contributed by atoms with Gasteiger partial charge in [-0.3, -0.25) is 4.99 Å². The van der Waals surface area contributed by atoms with Gasteiger partial charge in [0, 0.05) is 0 Å². The van der Waals surface area contributed by atoms with Gasteiger partial charge in [-0.1, -0.05) is 13.8 Å². The first kappa shape index (κ1) is 14.5. The molecule has 0 amide bonds. The SMILES string of the molecule is CC([O-])=NC(C(=O)O)C(C)C.[Na+]. The molecule has 0 aliphatic rings. The summed E-state index contributed by atoms with van der Waals surface area (Å²) in [7, 11) is 0. The summed E-state index contributed by atoms with van der Waals surface area (Å²) in [6.07, 6.45) is 0. The summed E-state index contributed by atoms with van der Waals surface area (Å²) in [5, 5.41) is 19.0. The van der Waals surface area contributed by atoms with Crippen LogP contribution in [0.25, 0.3) is 0 Å². The normalized spacial score (nSPS) is 13.8. The second-order valence-corrected chi connectivity index (χ2v) is 2.68. The second kappa shape index (κ2) is 6.46. The summed E-state index contributed by atoms with van der Waals surface area (Å²) in [6.45, 7) is 4.68. The van der Waals surface area contributed by atoms with Crippen LogP contribution in [-0.2, 0) is 4.79 Å². The van der Waals surface area contributed by atoms with E-state index in [9.17, 15) is 9.90 Å². The average molecular weight is 181 g/mol. The summed E-state index contributed by atoms with van der Waals surface area (Å²) >= 11 is 0. The fourth-order valence-corrected chi connectivity index (χ4v) is 0.685. The number of carbonyl (C=O) groups is 1. The van der Waals surface area contributed by atoms with E-state index in [1.807, 2.05) is 0 Å². The molecule has 0 rings (SSSR count). The van der Waals surface area contributed by atoms with Gasteiger partial charge in [-0.25, -0.2) is 4.79 Å². The topological polar surface area (TPSA) is 72.7 Å². The maximum atomic E-state index is 10.4. The van der Waals surface area contributed by atoms with Gasteiger partial charge in [0.2, 0.25) is 0 Å². The van der Waals surface area contributed by atoms with Crippen LogP contribution in [0.15, 0.2) is 4.99 Å². The summed E-state index contributed by atoms with van der Waals surface area (Å²) < 4.78 is 0. The molecule has 0 bridgehead atoms. The maximum Gasteiger partial charge on any atom is 1.00 e. The van der Waals surface area contributed by atoms with Crippen molar-refractivity contribution in [2.75, 3.05) is 0 Å². The molecule has 0 fully saturated rings. The van der Waals surface area contributed by atoms with Crippen LogP contribution in [0.3, 0.4) is 0 Å². The van der Waals surface area contributed by atoms with Gasteiger partial charge in [0.25, 0.3) is 0 Å². The third kappa shape index (κ3) is 5.57. The number of carboxylic acids is 1. The molecule has 1 N–H and O–H groups in total. The van der Waals surface area contributed by atoms with Crippen LogP contribution >= 0.6 is 0 Å². The van der Waals surface area contributed by atoms with Crippen LogP contribution in [-0.4, -0.2) is 23.0 Å². The van der Waals surface area contributed by atoms with Crippen molar-refractivity contribution in [1.29, 1.82) is 0 Å². The predicted octanol–water partition coefficient (Wildman–Crippen LogP) is -3.12. The van der Waals surface area contributed by atoms with Crippen molar-refractivity contribution >= 4 is 11.9 Å². The van der Waals surface area contributed by atoms with E-state index in [2.05, 4.69) is 4.99 Å².